The lowest BCUT2D eigenvalue weighted by molar-refractivity contribution is 0.0927. The van der Waals surface area contributed by atoms with Gasteiger partial charge in [0.2, 0.25) is 0 Å². The number of hydrogen-bond acceptors (Lipinski definition) is 4. The number of hydrogen-bond donors (Lipinski definition) is 2. The van der Waals surface area contributed by atoms with Gasteiger partial charge in [-0.15, -0.1) is 0 Å². The predicted molar refractivity (Wildman–Crippen MR) is 115 cm³/mol. The number of aromatic nitrogens is 1. The summed E-state index contributed by atoms with van der Waals surface area (Å²) in [4.78, 5) is 16.9. The maximum Gasteiger partial charge on any atom is 0.253 e. The Labute approximate surface area is 171 Å². The fourth-order valence-electron chi connectivity index (χ4n) is 3.58. The topological polar surface area (TPSA) is 63.2 Å². The fraction of sp³-hybridized carbons (Fsp3) is 0.250. The molecule has 1 amide bonds. The molecule has 3 aromatic rings. The van der Waals surface area contributed by atoms with E-state index in [0.29, 0.717) is 11.3 Å². The third-order valence-corrected chi connectivity index (χ3v) is 5.08. The highest BCUT2D eigenvalue weighted by Crippen LogP contribution is 2.31. The first kappa shape index (κ1) is 19.0. The van der Waals surface area contributed by atoms with Crippen molar-refractivity contribution < 1.29 is 9.53 Å². The molecule has 0 unspecified atom stereocenters. The summed E-state index contributed by atoms with van der Waals surface area (Å²) >= 11 is 0. The standard InChI is InChI=1S/C24H25N3O2/c28-24(27-19-9-3-1-4-10-19)18-15-20(17-25-16-18)26-22-13-7-8-14-23(22)29-21-11-5-2-6-12-21/h2,5-8,11-17,19,26H,1,3-4,9-10H2,(H,27,28). The molecule has 2 aromatic carbocycles. The van der Waals surface area contributed by atoms with E-state index in [1.165, 1.54) is 19.3 Å². The van der Waals surface area contributed by atoms with Crippen molar-refractivity contribution in [1.29, 1.82) is 0 Å². The molecule has 148 valence electrons. The molecule has 1 fully saturated rings. The molecule has 0 atom stereocenters. The van der Waals surface area contributed by atoms with Gasteiger partial charge >= 0.3 is 0 Å². The predicted octanol–water partition coefficient (Wildman–Crippen LogP) is 5.68. The van der Waals surface area contributed by atoms with Crippen molar-refractivity contribution in [2.24, 2.45) is 0 Å². The Balaban J connectivity index is 1.47. The monoisotopic (exact) mass is 387 g/mol. The average Bonchev–Trinajstić information content (AvgIpc) is 2.77. The first-order valence-electron chi connectivity index (χ1n) is 10.1. The Morgan fingerprint density at radius 1 is 0.931 bits per heavy atom. The minimum Gasteiger partial charge on any atom is -0.455 e. The molecule has 5 heteroatoms. The number of pyridine rings is 1. The molecule has 5 nitrogen and oxygen atoms in total. The number of ether oxygens (including phenoxy) is 1. The molecule has 4 rings (SSSR count). The number of rotatable bonds is 6. The summed E-state index contributed by atoms with van der Waals surface area (Å²) in [6.45, 7) is 0. The zero-order chi connectivity index (χ0) is 19.9. The SMILES string of the molecule is O=C(NC1CCCCC1)c1cncc(Nc2ccccc2Oc2ccccc2)c1. The summed E-state index contributed by atoms with van der Waals surface area (Å²) in [6, 6.07) is 19.4. The van der Waals surface area contributed by atoms with Crippen LogP contribution in [0.2, 0.25) is 0 Å². The molecule has 1 aromatic heterocycles. The van der Waals surface area contributed by atoms with Crippen LogP contribution >= 0.6 is 0 Å². The first-order chi connectivity index (χ1) is 14.3. The maximum atomic E-state index is 12.6. The quantitative estimate of drug-likeness (QED) is 0.571. The van der Waals surface area contributed by atoms with E-state index in [1.807, 2.05) is 60.7 Å². The number of para-hydroxylation sites is 3. The highest BCUT2D eigenvalue weighted by molar-refractivity contribution is 5.95. The Kier molecular flexibility index (Phi) is 6.05. The zero-order valence-corrected chi connectivity index (χ0v) is 16.3. The second-order valence-corrected chi connectivity index (χ2v) is 7.31. The molecule has 1 aliphatic carbocycles. The smallest absolute Gasteiger partial charge is 0.253 e. The summed E-state index contributed by atoms with van der Waals surface area (Å²) in [5.41, 5.74) is 2.11. The van der Waals surface area contributed by atoms with Crippen LogP contribution in [0.5, 0.6) is 11.5 Å². The second-order valence-electron chi connectivity index (χ2n) is 7.31. The van der Waals surface area contributed by atoms with E-state index in [1.54, 1.807) is 12.4 Å². The third-order valence-electron chi connectivity index (χ3n) is 5.08. The van der Waals surface area contributed by atoms with Crippen LogP contribution in [0, 0.1) is 0 Å². The van der Waals surface area contributed by atoms with E-state index in [2.05, 4.69) is 15.6 Å². The minimum absolute atomic E-state index is 0.0677. The fourth-order valence-corrected chi connectivity index (χ4v) is 3.58. The van der Waals surface area contributed by atoms with Crippen molar-refractivity contribution in [1.82, 2.24) is 10.3 Å². The zero-order valence-electron chi connectivity index (χ0n) is 16.3. The van der Waals surface area contributed by atoms with Crippen LogP contribution in [0.25, 0.3) is 0 Å². The molecule has 1 aliphatic rings. The van der Waals surface area contributed by atoms with Crippen molar-refractivity contribution in [3.8, 4) is 11.5 Å². The molecule has 0 bridgehead atoms. The number of anilines is 2. The van der Waals surface area contributed by atoms with E-state index in [4.69, 9.17) is 4.74 Å². The van der Waals surface area contributed by atoms with Crippen LogP contribution in [0.15, 0.2) is 73.1 Å². The summed E-state index contributed by atoms with van der Waals surface area (Å²) < 4.78 is 6.00. The van der Waals surface area contributed by atoms with Gasteiger partial charge in [0.15, 0.2) is 5.75 Å². The highest BCUT2D eigenvalue weighted by Gasteiger charge is 2.17. The van der Waals surface area contributed by atoms with Gasteiger partial charge in [-0.05, 0) is 43.2 Å². The average molecular weight is 387 g/mol. The maximum absolute atomic E-state index is 12.6. The van der Waals surface area contributed by atoms with E-state index in [9.17, 15) is 4.79 Å². The number of amides is 1. The van der Waals surface area contributed by atoms with Crippen LogP contribution in [0.1, 0.15) is 42.5 Å². The first-order valence-corrected chi connectivity index (χ1v) is 10.1. The summed E-state index contributed by atoms with van der Waals surface area (Å²) in [5.74, 6) is 1.40. The van der Waals surface area contributed by atoms with Crippen LogP contribution in [0.3, 0.4) is 0 Å². The molecule has 1 heterocycles. The van der Waals surface area contributed by atoms with Gasteiger partial charge in [0, 0.05) is 12.2 Å². The summed E-state index contributed by atoms with van der Waals surface area (Å²) in [5, 5.41) is 6.46. The molecule has 1 saturated carbocycles. The Morgan fingerprint density at radius 3 is 2.52 bits per heavy atom. The van der Waals surface area contributed by atoms with E-state index >= 15 is 0 Å². The van der Waals surface area contributed by atoms with Crippen LogP contribution in [0.4, 0.5) is 11.4 Å². The van der Waals surface area contributed by atoms with Gasteiger partial charge in [-0.3, -0.25) is 9.78 Å². The minimum atomic E-state index is -0.0677. The molecule has 0 spiro atoms. The van der Waals surface area contributed by atoms with Gasteiger partial charge in [-0.25, -0.2) is 0 Å². The largest absolute Gasteiger partial charge is 0.455 e. The number of nitrogens with one attached hydrogen (secondary N) is 2. The van der Waals surface area contributed by atoms with Gasteiger partial charge in [-0.2, -0.15) is 0 Å². The Bertz CT molecular complexity index is 953. The summed E-state index contributed by atoms with van der Waals surface area (Å²) in [7, 11) is 0. The van der Waals surface area contributed by atoms with Crippen molar-refractivity contribution >= 4 is 17.3 Å². The summed E-state index contributed by atoms with van der Waals surface area (Å²) in [6.07, 6.45) is 9.05. The number of nitrogens with zero attached hydrogens (tertiary/aromatic N) is 1. The van der Waals surface area contributed by atoms with Crippen molar-refractivity contribution in [3.63, 3.8) is 0 Å². The molecule has 0 aliphatic heterocycles. The third kappa shape index (κ3) is 5.13. The van der Waals surface area contributed by atoms with E-state index in [-0.39, 0.29) is 11.9 Å². The van der Waals surface area contributed by atoms with Crippen LogP contribution in [-0.2, 0) is 0 Å². The van der Waals surface area contributed by atoms with Gasteiger partial charge in [0.05, 0.1) is 23.1 Å². The molecule has 0 radical (unpaired) electrons. The molecular weight excluding hydrogens is 362 g/mol. The van der Waals surface area contributed by atoms with Crippen molar-refractivity contribution in [2.45, 2.75) is 38.1 Å². The van der Waals surface area contributed by atoms with Gasteiger partial charge in [-0.1, -0.05) is 49.6 Å². The molecule has 2 N–H and O–H groups in total. The highest BCUT2D eigenvalue weighted by atomic mass is 16.5. The number of benzene rings is 2. The molecular formula is C24H25N3O2. The Morgan fingerprint density at radius 2 is 1.69 bits per heavy atom. The second kappa shape index (κ2) is 9.24. The Hall–Kier alpha value is -3.34. The van der Waals surface area contributed by atoms with Crippen LogP contribution < -0.4 is 15.4 Å². The lowest BCUT2D eigenvalue weighted by Crippen LogP contribution is -2.36. The van der Waals surface area contributed by atoms with E-state index in [0.717, 1.165) is 30.0 Å². The lowest BCUT2D eigenvalue weighted by atomic mass is 9.95. The normalized spacial score (nSPS) is 14.2. The van der Waals surface area contributed by atoms with Crippen molar-refractivity contribution in [2.75, 3.05) is 5.32 Å². The van der Waals surface area contributed by atoms with Gasteiger partial charge < -0.3 is 15.4 Å². The van der Waals surface area contributed by atoms with Gasteiger partial charge in [0.25, 0.3) is 5.91 Å². The van der Waals surface area contributed by atoms with Crippen LogP contribution in [-0.4, -0.2) is 16.9 Å². The van der Waals surface area contributed by atoms with Gasteiger partial charge in [0.1, 0.15) is 5.75 Å². The molecule has 0 saturated heterocycles. The number of carbonyl (C=O) groups excluding carboxylic acids is 1. The van der Waals surface area contributed by atoms with Crippen molar-refractivity contribution in [3.05, 3.63) is 78.6 Å². The van der Waals surface area contributed by atoms with E-state index < -0.39 is 0 Å². The molecule has 29 heavy (non-hydrogen) atoms. The lowest BCUT2D eigenvalue weighted by Gasteiger charge is -2.22. The number of carbonyl (C=O) groups is 1.